The predicted molar refractivity (Wildman–Crippen MR) is 79.0 cm³/mol. The largest absolute Gasteiger partial charge is 0.383 e. The van der Waals surface area contributed by atoms with Crippen LogP contribution in [0.2, 0.25) is 5.02 Å². The number of benzene rings is 1. The number of nitrogen functional groups attached to an aromatic ring is 1. The van der Waals surface area contributed by atoms with Crippen molar-refractivity contribution in [3.05, 3.63) is 45.0 Å². The summed E-state index contributed by atoms with van der Waals surface area (Å²) in [5, 5.41) is 4.97. The van der Waals surface area contributed by atoms with Crippen LogP contribution in [-0.4, -0.2) is 9.78 Å². The van der Waals surface area contributed by atoms with Gasteiger partial charge in [0.1, 0.15) is 10.8 Å². The Kier molecular flexibility index (Phi) is 3.97. The summed E-state index contributed by atoms with van der Waals surface area (Å²) in [6.45, 7) is 3.97. The fraction of sp³-hybridized carbons (Fsp3) is 0.308. The topological polar surface area (TPSA) is 43.8 Å². The quantitative estimate of drug-likeness (QED) is 0.918. The van der Waals surface area contributed by atoms with E-state index >= 15 is 0 Å². The van der Waals surface area contributed by atoms with Crippen molar-refractivity contribution in [3.63, 3.8) is 0 Å². The van der Waals surface area contributed by atoms with Crippen LogP contribution in [0.4, 0.5) is 5.82 Å². The Balaban J connectivity index is 2.45. The highest BCUT2D eigenvalue weighted by Crippen LogP contribution is 2.30. The van der Waals surface area contributed by atoms with Crippen LogP contribution in [0.1, 0.15) is 30.6 Å². The molecular weight excluding hydrogens is 314 g/mol. The predicted octanol–water partition coefficient (Wildman–Crippen LogP) is 4.19. The Bertz CT molecular complexity index is 548. The van der Waals surface area contributed by atoms with Crippen molar-refractivity contribution in [2.24, 2.45) is 0 Å². The summed E-state index contributed by atoms with van der Waals surface area (Å²) in [7, 11) is 0. The van der Waals surface area contributed by atoms with Gasteiger partial charge in [0.05, 0.1) is 11.7 Å². The van der Waals surface area contributed by atoms with E-state index in [0.717, 1.165) is 16.6 Å². The van der Waals surface area contributed by atoms with Gasteiger partial charge in [0.25, 0.3) is 0 Å². The first-order valence-electron chi connectivity index (χ1n) is 5.80. The van der Waals surface area contributed by atoms with E-state index in [2.05, 4.69) is 40.1 Å². The first-order valence-corrected chi connectivity index (χ1v) is 6.97. The summed E-state index contributed by atoms with van der Waals surface area (Å²) >= 11 is 9.53. The summed E-state index contributed by atoms with van der Waals surface area (Å²) in [5.41, 5.74) is 7.95. The van der Waals surface area contributed by atoms with Crippen molar-refractivity contribution in [1.82, 2.24) is 9.78 Å². The van der Waals surface area contributed by atoms with Crippen molar-refractivity contribution in [3.8, 4) is 0 Å². The Labute approximate surface area is 120 Å². The van der Waals surface area contributed by atoms with Crippen LogP contribution in [0.25, 0.3) is 0 Å². The number of hydrogen-bond acceptors (Lipinski definition) is 2. The maximum Gasteiger partial charge on any atom is 0.141 e. The van der Waals surface area contributed by atoms with E-state index < -0.39 is 0 Å². The third-order valence-corrected chi connectivity index (χ3v) is 3.98. The smallest absolute Gasteiger partial charge is 0.141 e. The number of aromatic nitrogens is 2. The minimum absolute atomic E-state index is 0.115. The van der Waals surface area contributed by atoms with Crippen molar-refractivity contribution < 1.29 is 0 Å². The number of hydrogen-bond donors (Lipinski definition) is 1. The molecule has 2 rings (SSSR count). The van der Waals surface area contributed by atoms with E-state index in [1.165, 1.54) is 5.56 Å². The molecule has 0 aliphatic rings. The van der Waals surface area contributed by atoms with E-state index in [9.17, 15) is 0 Å². The molecule has 1 heterocycles. The van der Waals surface area contributed by atoms with E-state index in [-0.39, 0.29) is 6.04 Å². The monoisotopic (exact) mass is 327 g/mol. The summed E-state index contributed by atoms with van der Waals surface area (Å²) in [6.07, 6.45) is 0.906. The van der Waals surface area contributed by atoms with E-state index in [1.54, 1.807) is 4.68 Å². The van der Waals surface area contributed by atoms with Crippen molar-refractivity contribution in [2.75, 3.05) is 5.73 Å². The lowest BCUT2D eigenvalue weighted by Gasteiger charge is -2.17. The lowest BCUT2D eigenvalue weighted by molar-refractivity contribution is 0.513. The number of nitrogens with two attached hydrogens (primary N) is 1. The molecule has 0 saturated carbocycles. The van der Waals surface area contributed by atoms with Crippen molar-refractivity contribution in [1.29, 1.82) is 0 Å². The summed E-state index contributed by atoms with van der Waals surface area (Å²) in [4.78, 5) is 0. The molecule has 0 radical (unpaired) electrons. The Morgan fingerprint density at radius 3 is 2.44 bits per heavy atom. The van der Waals surface area contributed by atoms with Crippen LogP contribution in [0.15, 0.2) is 28.7 Å². The molecule has 0 aliphatic heterocycles. The molecule has 3 nitrogen and oxygen atoms in total. The highest BCUT2D eigenvalue weighted by atomic mass is 79.9. The van der Waals surface area contributed by atoms with Gasteiger partial charge in [0.15, 0.2) is 0 Å². The molecule has 0 fully saturated rings. The zero-order valence-electron chi connectivity index (χ0n) is 10.3. The molecule has 2 aromatic rings. The number of anilines is 1. The molecule has 0 amide bonds. The van der Waals surface area contributed by atoms with Crippen LogP contribution in [-0.2, 0) is 0 Å². The Morgan fingerprint density at radius 1 is 1.39 bits per heavy atom. The first-order chi connectivity index (χ1) is 8.54. The fourth-order valence-electron chi connectivity index (χ4n) is 2.02. The van der Waals surface area contributed by atoms with Crippen LogP contribution in [0.5, 0.6) is 0 Å². The summed E-state index contributed by atoms with van der Waals surface area (Å²) < 4.78 is 2.87. The zero-order chi connectivity index (χ0) is 13.3. The fourth-order valence-corrected chi connectivity index (χ4v) is 2.41. The average molecular weight is 329 g/mol. The summed E-state index contributed by atoms with van der Waals surface area (Å²) in [5.74, 6) is 0.531. The first kappa shape index (κ1) is 13.4. The van der Waals surface area contributed by atoms with Gasteiger partial charge in [0, 0.05) is 4.47 Å². The van der Waals surface area contributed by atoms with E-state index in [1.807, 2.05) is 19.1 Å². The van der Waals surface area contributed by atoms with Gasteiger partial charge in [-0.3, -0.25) is 0 Å². The normalized spacial score (nSPS) is 12.7. The summed E-state index contributed by atoms with van der Waals surface area (Å²) in [6, 6.07) is 8.30. The molecule has 0 bridgehead atoms. The van der Waals surface area contributed by atoms with Crippen molar-refractivity contribution >= 4 is 33.3 Å². The second-order valence-corrected chi connectivity index (χ2v) is 5.50. The van der Waals surface area contributed by atoms with Gasteiger partial charge < -0.3 is 5.73 Å². The molecular formula is C13H15BrClN3. The van der Waals surface area contributed by atoms with Gasteiger partial charge in [-0.05, 0) is 31.0 Å². The van der Waals surface area contributed by atoms with Crippen LogP contribution < -0.4 is 5.73 Å². The van der Waals surface area contributed by atoms with Gasteiger partial charge >= 0.3 is 0 Å². The van der Waals surface area contributed by atoms with Crippen LogP contribution in [0.3, 0.4) is 0 Å². The maximum absolute atomic E-state index is 6.10. The van der Waals surface area contributed by atoms with Gasteiger partial charge in [-0.15, -0.1) is 0 Å². The Morgan fingerprint density at radius 2 is 2.00 bits per heavy atom. The molecule has 0 aliphatic carbocycles. The van der Waals surface area contributed by atoms with E-state index in [0.29, 0.717) is 10.8 Å². The molecule has 96 valence electrons. The van der Waals surface area contributed by atoms with Crippen molar-refractivity contribution in [2.45, 2.75) is 26.3 Å². The van der Waals surface area contributed by atoms with Gasteiger partial charge in [0.2, 0.25) is 0 Å². The molecule has 1 atom stereocenters. The number of halogens is 2. The number of nitrogens with zero attached hydrogens (tertiary/aromatic N) is 2. The van der Waals surface area contributed by atoms with Gasteiger partial charge in [-0.25, -0.2) is 4.68 Å². The second kappa shape index (κ2) is 5.33. The third-order valence-electron chi connectivity index (χ3n) is 2.98. The highest BCUT2D eigenvalue weighted by Gasteiger charge is 2.18. The second-order valence-electron chi connectivity index (χ2n) is 4.20. The molecule has 18 heavy (non-hydrogen) atoms. The highest BCUT2D eigenvalue weighted by molar-refractivity contribution is 9.10. The standard InChI is InChI=1S/C13H15BrClN3/c1-3-11(9-4-6-10(14)7-5-9)18-13(16)12(15)8(2)17-18/h4-7,11H,3,16H2,1-2H3. The molecule has 1 unspecified atom stereocenters. The lowest BCUT2D eigenvalue weighted by atomic mass is 10.1. The SMILES string of the molecule is CCC(c1ccc(Br)cc1)n1nc(C)c(Cl)c1N. The number of aryl methyl sites for hydroxylation is 1. The molecule has 0 saturated heterocycles. The van der Waals surface area contributed by atoms with Crippen LogP contribution in [0, 0.1) is 6.92 Å². The van der Waals surface area contributed by atoms with Crippen LogP contribution >= 0.6 is 27.5 Å². The molecule has 2 N–H and O–H groups in total. The molecule has 5 heteroatoms. The van der Waals surface area contributed by atoms with Gasteiger partial charge in [-0.1, -0.05) is 46.6 Å². The third kappa shape index (κ3) is 2.40. The molecule has 0 spiro atoms. The maximum atomic E-state index is 6.10. The minimum Gasteiger partial charge on any atom is -0.383 e. The minimum atomic E-state index is 0.115. The number of rotatable bonds is 3. The molecule has 1 aromatic heterocycles. The lowest BCUT2D eigenvalue weighted by Crippen LogP contribution is -2.14. The average Bonchev–Trinajstić information content (AvgIpc) is 2.61. The molecule has 1 aromatic carbocycles. The zero-order valence-corrected chi connectivity index (χ0v) is 12.7. The van der Waals surface area contributed by atoms with E-state index in [4.69, 9.17) is 17.3 Å². The van der Waals surface area contributed by atoms with Gasteiger partial charge in [-0.2, -0.15) is 5.10 Å². The Hall–Kier alpha value is -1.00.